The molecule has 1 saturated carbocycles. The summed E-state index contributed by atoms with van der Waals surface area (Å²) in [6.45, 7) is 1.84. The quantitative estimate of drug-likeness (QED) is 0.855. The van der Waals surface area contributed by atoms with Gasteiger partial charge < -0.3 is 20.0 Å². The fourth-order valence-electron chi connectivity index (χ4n) is 2.40. The molecule has 126 valence electrons. The third-order valence-corrected chi connectivity index (χ3v) is 4.00. The van der Waals surface area contributed by atoms with Crippen molar-refractivity contribution in [3.8, 4) is 0 Å². The van der Waals surface area contributed by atoms with Gasteiger partial charge >= 0.3 is 6.03 Å². The summed E-state index contributed by atoms with van der Waals surface area (Å²) in [7, 11) is 0. The van der Waals surface area contributed by atoms with Crippen LogP contribution in [0.25, 0.3) is 0 Å². The first kappa shape index (κ1) is 16.4. The molecule has 0 unspecified atom stereocenters. The Morgan fingerprint density at radius 2 is 2.08 bits per heavy atom. The normalized spacial score (nSPS) is 13.4. The van der Waals surface area contributed by atoms with E-state index in [1.165, 1.54) is 6.92 Å². The van der Waals surface area contributed by atoms with E-state index in [-0.39, 0.29) is 18.0 Å². The second kappa shape index (κ2) is 6.97. The highest BCUT2D eigenvalue weighted by atomic mass is 35.5. The minimum atomic E-state index is -0.202. The highest BCUT2D eigenvalue weighted by molar-refractivity contribution is 6.34. The molecule has 0 radical (unpaired) electrons. The van der Waals surface area contributed by atoms with Crippen molar-refractivity contribution < 1.29 is 14.0 Å². The summed E-state index contributed by atoms with van der Waals surface area (Å²) in [5, 5.41) is 5.84. The van der Waals surface area contributed by atoms with E-state index in [1.807, 2.05) is 6.07 Å². The predicted octanol–water partition coefficient (Wildman–Crippen LogP) is 4.09. The lowest BCUT2D eigenvalue weighted by molar-refractivity contribution is -0.114. The van der Waals surface area contributed by atoms with E-state index in [0.29, 0.717) is 22.9 Å². The second-order valence-corrected chi connectivity index (χ2v) is 6.15. The molecule has 1 aromatic heterocycles. The number of amides is 3. The molecule has 3 rings (SSSR count). The van der Waals surface area contributed by atoms with Crippen molar-refractivity contribution in [1.29, 1.82) is 0 Å². The average molecular weight is 348 g/mol. The third kappa shape index (κ3) is 4.08. The molecule has 6 nitrogen and oxygen atoms in total. The van der Waals surface area contributed by atoms with Gasteiger partial charge in [0.25, 0.3) is 0 Å². The van der Waals surface area contributed by atoms with Gasteiger partial charge in [0.15, 0.2) is 0 Å². The maximum atomic E-state index is 12.6. The standard InChI is InChI=1S/C17H18ClN3O3/c1-11(22)19-16-7-4-12(9-15(16)18)20-17(23)21(13-5-6-13)10-14-3-2-8-24-14/h2-4,7-9,13H,5-6,10H2,1H3,(H,19,22)(H,20,23). The van der Waals surface area contributed by atoms with Crippen LogP contribution in [-0.2, 0) is 11.3 Å². The lowest BCUT2D eigenvalue weighted by Gasteiger charge is -2.22. The van der Waals surface area contributed by atoms with Crippen LogP contribution in [0.4, 0.5) is 16.2 Å². The summed E-state index contributed by atoms with van der Waals surface area (Å²) in [6, 6.07) is 8.67. The molecule has 1 aliphatic carbocycles. The number of halogens is 1. The first-order valence-corrected chi connectivity index (χ1v) is 8.08. The second-order valence-electron chi connectivity index (χ2n) is 5.74. The smallest absolute Gasteiger partial charge is 0.322 e. The number of rotatable bonds is 5. The van der Waals surface area contributed by atoms with E-state index in [0.717, 1.165) is 18.6 Å². The molecule has 1 heterocycles. The van der Waals surface area contributed by atoms with E-state index in [9.17, 15) is 9.59 Å². The number of hydrogen-bond donors (Lipinski definition) is 2. The zero-order valence-electron chi connectivity index (χ0n) is 13.2. The number of carbonyl (C=O) groups is 2. The van der Waals surface area contributed by atoms with Crippen molar-refractivity contribution >= 4 is 34.9 Å². The molecule has 3 amide bonds. The zero-order valence-corrected chi connectivity index (χ0v) is 14.0. The summed E-state index contributed by atoms with van der Waals surface area (Å²) in [5.41, 5.74) is 1.08. The number of nitrogens with one attached hydrogen (secondary N) is 2. The van der Waals surface area contributed by atoms with Crippen LogP contribution < -0.4 is 10.6 Å². The van der Waals surface area contributed by atoms with E-state index < -0.39 is 0 Å². The van der Waals surface area contributed by atoms with Crippen LogP contribution in [0.2, 0.25) is 5.02 Å². The number of hydrogen-bond acceptors (Lipinski definition) is 3. The van der Waals surface area contributed by atoms with Crippen LogP contribution in [0.1, 0.15) is 25.5 Å². The lowest BCUT2D eigenvalue weighted by Crippen LogP contribution is -2.36. The molecule has 7 heteroatoms. The molecule has 0 saturated heterocycles. The van der Waals surface area contributed by atoms with Gasteiger partial charge in [-0.15, -0.1) is 0 Å². The van der Waals surface area contributed by atoms with Gasteiger partial charge in [-0.3, -0.25) is 4.79 Å². The number of urea groups is 1. The van der Waals surface area contributed by atoms with Crippen molar-refractivity contribution in [2.45, 2.75) is 32.4 Å². The third-order valence-electron chi connectivity index (χ3n) is 3.69. The van der Waals surface area contributed by atoms with Crippen LogP contribution in [0.3, 0.4) is 0 Å². The largest absolute Gasteiger partial charge is 0.467 e. The van der Waals surface area contributed by atoms with Gasteiger partial charge in [-0.05, 0) is 43.2 Å². The van der Waals surface area contributed by atoms with E-state index in [4.69, 9.17) is 16.0 Å². The lowest BCUT2D eigenvalue weighted by atomic mass is 10.2. The Bertz CT molecular complexity index is 742. The molecule has 24 heavy (non-hydrogen) atoms. The van der Waals surface area contributed by atoms with Gasteiger partial charge in [-0.25, -0.2) is 4.79 Å². The molecule has 2 aromatic rings. The Morgan fingerprint density at radius 1 is 1.29 bits per heavy atom. The van der Waals surface area contributed by atoms with E-state index >= 15 is 0 Å². The van der Waals surface area contributed by atoms with Crippen LogP contribution >= 0.6 is 11.6 Å². The topological polar surface area (TPSA) is 74.6 Å². The van der Waals surface area contributed by atoms with Crippen molar-refractivity contribution in [3.63, 3.8) is 0 Å². The van der Waals surface area contributed by atoms with E-state index in [1.54, 1.807) is 35.4 Å². The van der Waals surface area contributed by atoms with Crippen LogP contribution in [0.5, 0.6) is 0 Å². The molecular formula is C17H18ClN3O3. The van der Waals surface area contributed by atoms with Crippen molar-refractivity contribution in [1.82, 2.24) is 4.90 Å². The fourth-order valence-corrected chi connectivity index (χ4v) is 2.63. The molecule has 0 atom stereocenters. The molecule has 2 N–H and O–H groups in total. The molecule has 1 aromatic carbocycles. The minimum absolute atomic E-state index is 0.197. The van der Waals surface area contributed by atoms with Gasteiger partial charge in [0, 0.05) is 18.7 Å². The van der Waals surface area contributed by atoms with Crippen molar-refractivity contribution in [2.24, 2.45) is 0 Å². The molecule has 0 aliphatic heterocycles. The first-order valence-electron chi connectivity index (χ1n) is 7.70. The first-order chi connectivity index (χ1) is 11.5. The maximum Gasteiger partial charge on any atom is 0.322 e. The summed E-state index contributed by atoms with van der Waals surface area (Å²) in [4.78, 5) is 25.4. The number of furan rings is 1. The Hall–Kier alpha value is -2.47. The molecule has 1 fully saturated rings. The summed E-state index contributed by atoms with van der Waals surface area (Å²) >= 11 is 6.13. The minimum Gasteiger partial charge on any atom is -0.467 e. The highest BCUT2D eigenvalue weighted by Crippen LogP contribution is 2.30. The van der Waals surface area contributed by atoms with Gasteiger partial charge in [0.2, 0.25) is 5.91 Å². The Kier molecular flexibility index (Phi) is 4.76. The van der Waals surface area contributed by atoms with Gasteiger partial charge in [-0.1, -0.05) is 11.6 Å². The Labute approximate surface area is 144 Å². The Balaban J connectivity index is 1.68. The molecular weight excluding hydrogens is 330 g/mol. The van der Waals surface area contributed by atoms with Gasteiger partial charge in [0.05, 0.1) is 23.5 Å². The number of nitrogens with zero attached hydrogens (tertiary/aromatic N) is 1. The molecule has 0 bridgehead atoms. The predicted molar refractivity (Wildman–Crippen MR) is 92.0 cm³/mol. The maximum absolute atomic E-state index is 12.6. The van der Waals surface area contributed by atoms with Crippen LogP contribution in [0, 0.1) is 0 Å². The SMILES string of the molecule is CC(=O)Nc1ccc(NC(=O)N(Cc2ccco2)C2CC2)cc1Cl. The summed E-state index contributed by atoms with van der Waals surface area (Å²) in [6.07, 6.45) is 3.59. The Morgan fingerprint density at radius 3 is 2.67 bits per heavy atom. The highest BCUT2D eigenvalue weighted by Gasteiger charge is 2.33. The van der Waals surface area contributed by atoms with E-state index in [2.05, 4.69) is 10.6 Å². The monoisotopic (exact) mass is 347 g/mol. The van der Waals surface area contributed by atoms with Gasteiger partial charge in [0.1, 0.15) is 5.76 Å². The number of carbonyl (C=O) groups excluding carboxylic acids is 2. The van der Waals surface area contributed by atoms with Crippen molar-refractivity contribution in [2.75, 3.05) is 10.6 Å². The summed E-state index contributed by atoms with van der Waals surface area (Å²) < 4.78 is 5.33. The molecule has 0 spiro atoms. The van der Waals surface area contributed by atoms with Crippen molar-refractivity contribution in [3.05, 3.63) is 47.4 Å². The van der Waals surface area contributed by atoms with Crippen LogP contribution in [-0.4, -0.2) is 22.9 Å². The van der Waals surface area contributed by atoms with Gasteiger partial charge in [-0.2, -0.15) is 0 Å². The molecule has 1 aliphatic rings. The van der Waals surface area contributed by atoms with Crippen LogP contribution in [0.15, 0.2) is 41.0 Å². The summed E-state index contributed by atoms with van der Waals surface area (Å²) in [5.74, 6) is 0.545. The fraction of sp³-hybridized carbons (Fsp3) is 0.294. The zero-order chi connectivity index (χ0) is 17.1. The number of benzene rings is 1. The average Bonchev–Trinajstić information content (AvgIpc) is 3.23. The number of anilines is 2.